The van der Waals surface area contributed by atoms with Crippen LogP contribution in [0.1, 0.15) is 19.4 Å². The summed E-state index contributed by atoms with van der Waals surface area (Å²) < 4.78 is 19.4. The van der Waals surface area contributed by atoms with Crippen molar-refractivity contribution in [2.24, 2.45) is 4.99 Å². The van der Waals surface area contributed by atoms with Crippen LogP contribution in [0.15, 0.2) is 34.2 Å². The minimum atomic E-state index is -0.342. The number of hydrogen-bond donors (Lipinski definition) is 0. The first-order valence-corrected chi connectivity index (χ1v) is 8.02. The second kappa shape index (κ2) is 6.22. The Hall–Kier alpha value is -1.66. The molecule has 0 N–H and O–H groups in total. The highest BCUT2D eigenvalue weighted by Gasteiger charge is 2.31. The topological polar surface area (TPSA) is 41.9 Å². The van der Waals surface area contributed by atoms with E-state index >= 15 is 0 Å². The Morgan fingerprint density at radius 1 is 1.32 bits per heavy atom. The number of aliphatic imine (C=N–C) groups is 1. The van der Waals surface area contributed by atoms with Crippen molar-refractivity contribution < 1.29 is 13.9 Å². The molecule has 0 radical (unpaired) electrons. The summed E-state index contributed by atoms with van der Waals surface area (Å²) in [4.78, 5) is 18.7. The highest BCUT2D eigenvalue weighted by Crippen LogP contribution is 2.31. The maximum atomic E-state index is 13.7. The molecule has 116 valence electrons. The maximum Gasteiger partial charge on any atom is 0.286 e. The van der Waals surface area contributed by atoms with Crippen LogP contribution in [0, 0.1) is 5.82 Å². The Kier molecular flexibility index (Phi) is 4.31. The van der Waals surface area contributed by atoms with E-state index in [-0.39, 0.29) is 23.9 Å². The van der Waals surface area contributed by atoms with Gasteiger partial charge >= 0.3 is 0 Å². The minimum Gasteiger partial charge on any atom is -0.372 e. The summed E-state index contributed by atoms with van der Waals surface area (Å²) in [7, 11) is 0. The molecule has 0 aliphatic carbocycles. The molecule has 2 aliphatic rings. The van der Waals surface area contributed by atoms with Crippen LogP contribution in [-0.2, 0) is 9.53 Å². The van der Waals surface area contributed by atoms with Gasteiger partial charge in [-0.15, -0.1) is 0 Å². The lowest BCUT2D eigenvalue weighted by Gasteiger charge is -2.35. The number of halogens is 1. The normalized spacial score (nSPS) is 27.4. The zero-order valence-electron chi connectivity index (χ0n) is 12.5. The number of amidine groups is 1. The first-order chi connectivity index (χ1) is 10.5. The number of hydrogen-bond acceptors (Lipinski definition) is 4. The molecule has 4 nitrogen and oxygen atoms in total. The SMILES string of the molecule is C[C@H]1CN(C2=NC(=O)/C(=C/c3ccccc3F)S2)C[C@H](C)O1. The fourth-order valence-corrected chi connectivity index (χ4v) is 3.52. The van der Waals surface area contributed by atoms with Crippen LogP contribution in [0.3, 0.4) is 0 Å². The third-order valence-electron chi connectivity index (χ3n) is 3.49. The summed E-state index contributed by atoms with van der Waals surface area (Å²) in [5, 5.41) is 0.676. The van der Waals surface area contributed by atoms with E-state index in [2.05, 4.69) is 9.89 Å². The van der Waals surface area contributed by atoms with Gasteiger partial charge in [-0.25, -0.2) is 4.39 Å². The lowest BCUT2D eigenvalue weighted by molar-refractivity contribution is -0.113. The molecule has 2 heterocycles. The standard InChI is InChI=1S/C16H17FN2O2S/c1-10-8-19(9-11(2)21-10)16-18-15(20)14(22-16)7-12-5-3-4-6-13(12)17/h3-7,10-11H,8-9H2,1-2H3/b14-7-/t10-,11-/m0/s1. The summed E-state index contributed by atoms with van der Waals surface area (Å²) in [5.74, 6) is -0.652. The van der Waals surface area contributed by atoms with Gasteiger partial charge in [0.25, 0.3) is 5.91 Å². The van der Waals surface area contributed by atoms with Crippen molar-refractivity contribution in [2.45, 2.75) is 26.1 Å². The molecule has 1 aromatic carbocycles. The van der Waals surface area contributed by atoms with Crippen LogP contribution in [0.25, 0.3) is 6.08 Å². The minimum absolute atomic E-state index is 0.0988. The van der Waals surface area contributed by atoms with E-state index in [1.54, 1.807) is 24.3 Å². The molecule has 2 atom stereocenters. The molecule has 1 saturated heterocycles. The third-order valence-corrected chi connectivity index (χ3v) is 4.54. The summed E-state index contributed by atoms with van der Waals surface area (Å²) in [6.07, 6.45) is 1.76. The van der Waals surface area contributed by atoms with E-state index in [1.807, 2.05) is 13.8 Å². The molecule has 0 spiro atoms. The average Bonchev–Trinajstić information content (AvgIpc) is 2.82. The van der Waals surface area contributed by atoms with Crippen LogP contribution in [-0.4, -0.2) is 41.3 Å². The Bertz CT molecular complexity index is 649. The Labute approximate surface area is 133 Å². The van der Waals surface area contributed by atoms with E-state index in [9.17, 15) is 9.18 Å². The molecule has 0 aromatic heterocycles. The number of thioether (sulfide) groups is 1. The second-order valence-corrected chi connectivity index (χ2v) is 6.50. The number of benzene rings is 1. The molecular formula is C16H17FN2O2S. The van der Waals surface area contributed by atoms with Crippen molar-refractivity contribution in [3.05, 3.63) is 40.6 Å². The molecular weight excluding hydrogens is 303 g/mol. The maximum absolute atomic E-state index is 13.7. The van der Waals surface area contributed by atoms with Gasteiger partial charge in [0.2, 0.25) is 0 Å². The number of rotatable bonds is 1. The van der Waals surface area contributed by atoms with Crippen molar-refractivity contribution >= 4 is 28.9 Å². The van der Waals surface area contributed by atoms with E-state index in [0.717, 1.165) is 0 Å². The number of carbonyl (C=O) groups excluding carboxylic acids is 1. The smallest absolute Gasteiger partial charge is 0.286 e. The van der Waals surface area contributed by atoms with Gasteiger partial charge in [0.15, 0.2) is 5.17 Å². The van der Waals surface area contributed by atoms with Gasteiger partial charge < -0.3 is 9.64 Å². The molecule has 6 heteroatoms. The van der Waals surface area contributed by atoms with E-state index < -0.39 is 0 Å². The van der Waals surface area contributed by atoms with Crippen molar-refractivity contribution in [2.75, 3.05) is 13.1 Å². The molecule has 0 unspecified atom stereocenters. The fraction of sp³-hybridized carbons (Fsp3) is 0.375. The summed E-state index contributed by atoms with van der Waals surface area (Å²) in [6, 6.07) is 6.39. The molecule has 1 amide bonds. The van der Waals surface area contributed by atoms with Crippen molar-refractivity contribution in [3.63, 3.8) is 0 Å². The first-order valence-electron chi connectivity index (χ1n) is 7.20. The predicted molar refractivity (Wildman–Crippen MR) is 86.0 cm³/mol. The third kappa shape index (κ3) is 3.23. The summed E-state index contributed by atoms with van der Waals surface area (Å²) >= 11 is 1.30. The number of nitrogens with zero attached hydrogens (tertiary/aromatic N) is 2. The van der Waals surface area contributed by atoms with Gasteiger partial charge in [-0.05, 0) is 37.8 Å². The van der Waals surface area contributed by atoms with Crippen LogP contribution >= 0.6 is 11.8 Å². The highest BCUT2D eigenvalue weighted by molar-refractivity contribution is 8.18. The molecule has 1 aromatic rings. The largest absolute Gasteiger partial charge is 0.372 e. The quantitative estimate of drug-likeness (QED) is 0.746. The zero-order chi connectivity index (χ0) is 15.7. The first kappa shape index (κ1) is 15.2. The van der Waals surface area contributed by atoms with E-state index in [4.69, 9.17) is 4.74 Å². The van der Waals surface area contributed by atoms with Gasteiger partial charge in [-0.3, -0.25) is 4.79 Å². The van der Waals surface area contributed by atoms with Gasteiger partial charge in [0.05, 0.1) is 17.1 Å². The number of amides is 1. The van der Waals surface area contributed by atoms with Crippen LogP contribution in [0.2, 0.25) is 0 Å². The average molecular weight is 320 g/mol. The van der Waals surface area contributed by atoms with Crippen molar-refractivity contribution in [1.29, 1.82) is 0 Å². The number of carbonyl (C=O) groups is 1. The van der Waals surface area contributed by atoms with Gasteiger partial charge in [-0.2, -0.15) is 4.99 Å². The van der Waals surface area contributed by atoms with Crippen molar-refractivity contribution in [1.82, 2.24) is 4.90 Å². The zero-order valence-corrected chi connectivity index (χ0v) is 13.3. The lowest BCUT2D eigenvalue weighted by Crippen LogP contribution is -2.47. The molecule has 3 rings (SSSR count). The molecule has 0 saturated carbocycles. The molecule has 22 heavy (non-hydrogen) atoms. The lowest BCUT2D eigenvalue weighted by atomic mass is 10.2. The van der Waals surface area contributed by atoms with E-state index in [0.29, 0.717) is 28.7 Å². The number of ether oxygens (including phenoxy) is 1. The van der Waals surface area contributed by atoms with Gasteiger partial charge in [0.1, 0.15) is 5.82 Å². The highest BCUT2D eigenvalue weighted by atomic mass is 32.2. The Morgan fingerprint density at radius 3 is 2.68 bits per heavy atom. The number of morpholine rings is 1. The van der Waals surface area contributed by atoms with Crippen LogP contribution in [0.5, 0.6) is 0 Å². The predicted octanol–water partition coefficient (Wildman–Crippen LogP) is 2.91. The fourth-order valence-electron chi connectivity index (χ4n) is 2.60. The monoisotopic (exact) mass is 320 g/mol. The van der Waals surface area contributed by atoms with E-state index in [1.165, 1.54) is 17.8 Å². The molecule has 0 bridgehead atoms. The van der Waals surface area contributed by atoms with Crippen molar-refractivity contribution in [3.8, 4) is 0 Å². The van der Waals surface area contributed by atoms with Crippen LogP contribution in [0.4, 0.5) is 4.39 Å². The molecule has 2 aliphatic heterocycles. The van der Waals surface area contributed by atoms with Gasteiger partial charge in [-0.1, -0.05) is 18.2 Å². The Balaban J connectivity index is 1.78. The Morgan fingerprint density at radius 2 is 2.00 bits per heavy atom. The van der Waals surface area contributed by atoms with Gasteiger partial charge in [0, 0.05) is 18.7 Å². The molecule has 1 fully saturated rings. The summed E-state index contributed by atoms with van der Waals surface area (Å²) in [6.45, 7) is 5.41. The van der Waals surface area contributed by atoms with Crippen LogP contribution < -0.4 is 0 Å². The summed E-state index contributed by atoms with van der Waals surface area (Å²) in [5.41, 5.74) is 0.401. The second-order valence-electron chi connectivity index (χ2n) is 5.49.